The van der Waals surface area contributed by atoms with E-state index in [1.807, 2.05) is 37.4 Å². The van der Waals surface area contributed by atoms with Gasteiger partial charge in [-0.3, -0.25) is 20.4 Å². The summed E-state index contributed by atoms with van der Waals surface area (Å²) in [6.45, 7) is 1.89. The van der Waals surface area contributed by atoms with Crippen LogP contribution in [0.3, 0.4) is 0 Å². The van der Waals surface area contributed by atoms with E-state index in [1.165, 1.54) is 17.4 Å². The SMILES string of the molecule is Cc1nc(/C=C/C(=O)NNC(=O)c2cccc(N(C)C)c2)cs1. The van der Waals surface area contributed by atoms with E-state index in [9.17, 15) is 9.59 Å². The fourth-order valence-corrected chi connectivity index (χ4v) is 2.36. The smallest absolute Gasteiger partial charge is 0.269 e. The average molecular weight is 330 g/mol. The Morgan fingerprint density at radius 2 is 2.04 bits per heavy atom. The molecule has 0 radical (unpaired) electrons. The van der Waals surface area contributed by atoms with Gasteiger partial charge in [0.25, 0.3) is 11.8 Å². The van der Waals surface area contributed by atoms with Crippen LogP contribution in [-0.4, -0.2) is 30.9 Å². The van der Waals surface area contributed by atoms with E-state index in [4.69, 9.17) is 0 Å². The Bertz CT molecular complexity index is 737. The molecule has 1 heterocycles. The van der Waals surface area contributed by atoms with Crippen LogP contribution < -0.4 is 15.8 Å². The van der Waals surface area contributed by atoms with E-state index in [0.717, 1.165) is 10.7 Å². The Morgan fingerprint density at radius 3 is 2.70 bits per heavy atom. The molecular weight excluding hydrogens is 312 g/mol. The minimum atomic E-state index is -0.423. The third-order valence-corrected chi connectivity index (χ3v) is 3.76. The number of aryl methyl sites for hydroxylation is 1. The topological polar surface area (TPSA) is 74.3 Å². The highest BCUT2D eigenvalue weighted by molar-refractivity contribution is 7.09. The standard InChI is InChI=1S/C16H18N4O2S/c1-11-17-13(10-23-11)7-8-15(21)18-19-16(22)12-5-4-6-14(9-12)20(2)3/h4-10H,1-3H3,(H,18,21)(H,19,22)/b8-7+. The number of benzene rings is 1. The molecule has 0 spiro atoms. The van der Waals surface area contributed by atoms with E-state index < -0.39 is 5.91 Å². The molecule has 2 rings (SSSR count). The van der Waals surface area contributed by atoms with Gasteiger partial charge in [0, 0.05) is 36.8 Å². The Balaban J connectivity index is 1.90. The molecule has 2 aromatic rings. The van der Waals surface area contributed by atoms with Crippen LogP contribution in [0.25, 0.3) is 6.08 Å². The third-order valence-electron chi connectivity index (χ3n) is 2.97. The molecule has 7 heteroatoms. The summed E-state index contributed by atoms with van der Waals surface area (Å²) in [5.74, 6) is -0.798. The van der Waals surface area contributed by atoms with Gasteiger partial charge in [-0.15, -0.1) is 11.3 Å². The molecule has 0 bridgehead atoms. The molecule has 1 aromatic carbocycles. The largest absolute Gasteiger partial charge is 0.378 e. The summed E-state index contributed by atoms with van der Waals surface area (Å²) < 4.78 is 0. The molecule has 120 valence electrons. The molecule has 0 aliphatic carbocycles. The molecule has 0 saturated carbocycles. The van der Waals surface area contributed by atoms with Crippen molar-refractivity contribution in [1.29, 1.82) is 0 Å². The zero-order valence-corrected chi connectivity index (χ0v) is 14.0. The monoisotopic (exact) mass is 330 g/mol. The quantitative estimate of drug-likeness (QED) is 0.664. The molecule has 2 N–H and O–H groups in total. The average Bonchev–Trinajstić information content (AvgIpc) is 2.96. The molecule has 0 aliphatic heterocycles. The molecule has 0 atom stereocenters. The van der Waals surface area contributed by atoms with Crippen molar-refractivity contribution in [2.75, 3.05) is 19.0 Å². The van der Waals surface area contributed by atoms with Crippen molar-refractivity contribution in [3.05, 3.63) is 52.0 Å². The van der Waals surface area contributed by atoms with E-state index in [-0.39, 0.29) is 5.91 Å². The summed E-state index contributed by atoms with van der Waals surface area (Å²) in [4.78, 5) is 29.8. The first-order chi connectivity index (χ1) is 11.0. The number of hydrogen-bond acceptors (Lipinski definition) is 5. The number of hydrazine groups is 1. The zero-order chi connectivity index (χ0) is 16.8. The molecule has 0 unspecified atom stereocenters. The number of carbonyl (C=O) groups is 2. The maximum Gasteiger partial charge on any atom is 0.269 e. The highest BCUT2D eigenvalue weighted by atomic mass is 32.1. The number of hydrogen-bond donors (Lipinski definition) is 2. The second-order valence-corrected chi connectivity index (χ2v) is 6.08. The molecule has 0 fully saturated rings. The normalized spacial score (nSPS) is 10.6. The van der Waals surface area contributed by atoms with Gasteiger partial charge in [-0.1, -0.05) is 6.07 Å². The maximum atomic E-state index is 12.0. The minimum absolute atomic E-state index is 0.375. The van der Waals surface area contributed by atoms with Crippen molar-refractivity contribution in [3.8, 4) is 0 Å². The second-order valence-electron chi connectivity index (χ2n) is 5.01. The lowest BCUT2D eigenvalue weighted by Gasteiger charge is -2.13. The van der Waals surface area contributed by atoms with Crippen molar-refractivity contribution < 1.29 is 9.59 Å². The van der Waals surface area contributed by atoms with E-state index >= 15 is 0 Å². The highest BCUT2D eigenvalue weighted by Gasteiger charge is 2.07. The van der Waals surface area contributed by atoms with E-state index in [2.05, 4.69) is 15.8 Å². The van der Waals surface area contributed by atoms with Gasteiger partial charge in [-0.25, -0.2) is 4.98 Å². The van der Waals surface area contributed by atoms with Crippen LogP contribution >= 0.6 is 11.3 Å². The predicted octanol–water partition coefficient (Wildman–Crippen LogP) is 1.99. The molecule has 6 nitrogen and oxygen atoms in total. The number of thiazole rings is 1. The summed E-state index contributed by atoms with van der Waals surface area (Å²) in [7, 11) is 3.79. The molecule has 23 heavy (non-hydrogen) atoms. The lowest BCUT2D eigenvalue weighted by molar-refractivity contribution is -0.117. The van der Waals surface area contributed by atoms with Crippen LogP contribution in [0.1, 0.15) is 21.1 Å². The first-order valence-corrected chi connectivity index (χ1v) is 7.81. The van der Waals surface area contributed by atoms with Gasteiger partial charge < -0.3 is 4.90 Å². The highest BCUT2D eigenvalue weighted by Crippen LogP contribution is 2.13. The summed E-state index contributed by atoms with van der Waals surface area (Å²) >= 11 is 1.51. The Morgan fingerprint density at radius 1 is 1.26 bits per heavy atom. The van der Waals surface area contributed by atoms with Gasteiger partial charge in [0.05, 0.1) is 10.7 Å². The van der Waals surface area contributed by atoms with Crippen LogP contribution in [0.15, 0.2) is 35.7 Å². The predicted molar refractivity (Wildman–Crippen MR) is 92.3 cm³/mol. The molecule has 1 aromatic heterocycles. The molecule has 0 aliphatic rings. The van der Waals surface area contributed by atoms with Gasteiger partial charge in [0.15, 0.2) is 0 Å². The lowest BCUT2D eigenvalue weighted by Crippen LogP contribution is -2.40. The number of rotatable bonds is 4. The Labute approximate surface area is 138 Å². The number of anilines is 1. The van der Waals surface area contributed by atoms with Crippen molar-refractivity contribution >= 4 is 34.9 Å². The van der Waals surface area contributed by atoms with Crippen molar-refractivity contribution in [2.24, 2.45) is 0 Å². The number of nitrogens with zero attached hydrogens (tertiary/aromatic N) is 2. The van der Waals surface area contributed by atoms with Crippen molar-refractivity contribution in [1.82, 2.24) is 15.8 Å². The van der Waals surface area contributed by atoms with Gasteiger partial charge in [-0.2, -0.15) is 0 Å². The number of nitrogens with one attached hydrogen (secondary N) is 2. The molecule has 0 saturated heterocycles. The zero-order valence-electron chi connectivity index (χ0n) is 13.2. The van der Waals surface area contributed by atoms with Gasteiger partial charge in [0.1, 0.15) is 0 Å². The van der Waals surface area contributed by atoms with Crippen LogP contribution in [0.2, 0.25) is 0 Å². The minimum Gasteiger partial charge on any atom is -0.378 e. The van der Waals surface area contributed by atoms with Crippen LogP contribution in [0.5, 0.6) is 0 Å². The summed E-state index contributed by atoms with van der Waals surface area (Å²) in [5, 5.41) is 2.78. The van der Waals surface area contributed by atoms with E-state index in [0.29, 0.717) is 11.3 Å². The van der Waals surface area contributed by atoms with Crippen LogP contribution in [-0.2, 0) is 4.79 Å². The summed E-state index contributed by atoms with van der Waals surface area (Å²) in [5.41, 5.74) is 6.81. The summed E-state index contributed by atoms with van der Waals surface area (Å²) in [6.07, 6.45) is 2.92. The Kier molecular flexibility index (Phi) is 5.48. The number of aromatic nitrogens is 1. The third kappa shape index (κ3) is 4.93. The van der Waals surface area contributed by atoms with Crippen LogP contribution in [0.4, 0.5) is 5.69 Å². The fourth-order valence-electron chi connectivity index (χ4n) is 1.78. The molecule has 2 amide bonds. The number of carbonyl (C=O) groups excluding carboxylic acids is 2. The first-order valence-electron chi connectivity index (χ1n) is 6.93. The summed E-state index contributed by atoms with van der Waals surface area (Å²) in [6, 6.07) is 7.11. The second kappa shape index (κ2) is 7.55. The number of amides is 2. The maximum absolute atomic E-state index is 12.0. The fraction of sp³-hybridized carbons (Fsp3) is 0.188. The van der Waals surface area contributed by atoms with Gasteiger partial charge >= 0.3 is 0 Å². The lowest BCUT2D eigenvalue weighted by atomic mass is 10.2. The van der Waals surface area contributed by atoms with Gasteiger partial charge in [0.2, 0.25) is 0 Å². The van der Waals surface area contributed by atoms with Crippen molar-refractivity contribution in [3.63, 3.8) is 0 Å². The molecular formula is C16H18N4O2S. The Hall–Kier alpha value is -2.67. The van der Waals surface area contributed by atoms with Gasteiger partial charge in [-0.05, 0) is 31.2 Å². The first kappa shape index (κ1) is 16.7. The van der Waals surface area contributed by atoms with Crippen LogP contribution in [0, 0.1) is 6.92 Å². The van der Waals surface area contributed by atoms with Crippen molar-refractivity contribution in [2.45, 2.75) is 6.92 Å². The van der Waals surface area contributed by atoms with E-state index in [1.54, 1.807) is 24.3 Å².